The van der Waals surface area contributed by atoms with Crippen LogP contribution in [0.2, 0.25) is 0 Å². The highest BCUT2D eigenvalue weighted by Gasteiger charge is 2.18. The van der Waals surface area contributed by atoms with Gasteiger partial charge in [-0.1, -0.05) is 12.1 Å². The summed E-state index contributed by atoms with van der Waals surface area (Å²) >= 11 is 0. The Kier molecular flexibility index (Phi) is 5.25. The van der Waals surface area contributed by atoms with Crippen molar-refractivity contribution in [1.82, 2.24) is 20.3 Å². The van der Waals surface area contributed by atoms with Crippen molar-refractivity contribution >= 4 is 29.0 Å². The second kappa shape index (κ2) is 8.16. The summed E-state index contributed by atoms with van der Waals surface area (Å²) < 4.78 is 0. The zero-order valence-electron chi connectivity index (χ0n) is 16.4. The van der Waals surface area contributed by atoms with Crippen LogP contribution in [-0.2, 0) is 0 Å². The molecule has 9 nitrogen and oxygen atoms in total. The molecule has 0 fully saturated rings. The van der Waals surface area contributed by atoms with Crippen LogP contribution < -0.4 is 21.3 Å². The molecule has 4 N–H and O–H groups in total. The molecular weight excluding hydrogens is 382 g/mol. The van der Waals surface area contributed by atoms with Crippen LogP contribution in [-0.4, -0.2) is 46.9 Å². The molecule has 4 rings (SSSR count). The Bertz CT molecular complexity index is 1120. The minimum atomic E-state index is -0.481. The van der Waals surface area contributed by atoms with Crippen LogP contribution in [0.3, 0.4) is 0 Å². The summed E-state index contributed by atoms with van der Waals surface area (Å²) in [6.07, 6.45) is 5.44. The predicted molar refractivity (Wildman–Crippen MR) is 114 cm³/mol. The van der Waals surface area contributed by atoms with Crippen molar-refractivity contribution in [3.8, 4) is 11.3 Å². The molecule has 0 saturated carbocycles. The van der Waals surface area contributed by atoms with Gasteiger partial charge in [-0.15, -0.1) is 0 Å². The molecule has 0 radical (unpaired) electrons. The first-order valence-electron chi connectivity index (χ1n) is 9.50. The van der Waals surface area contributed by atoms with Crippen LogP contribution in [0.15, 0.2) is 48.9 Å². The van der Waals surface area contributed by atoms with Gasteiger partial charge < -0.3 is 21.3 Å². The molecule has 2 aromatic heterocycles. The van der Waals surface area contributed by atoms with Gasteiger partial charge in [-0.25, -0.2) is 9.97 Å². The average Bonchev–Trinajstić information content (AvgIpc) is 2.76. The number of nitrogens with one attached hydrogen (secondary N) is 2. The average molecular weight is 403 g/mol. The van der Waals surface area contributed by atoms with Gasteiger partial charge in [0, 0.05) is 37.5 Å². The lowest BCUT2D eigenvalue weighted by molar-refractivity contribution is 0.0952. The van der Waals surface area contributed by atoms with E-state index in [1.165, 1.54) is 6.20 Å². The molecule has 9 heteroatoms. The third-order valence-corrected chi connectivity index (χ3v) is 4.85. The third-order valence-electron chi connectivity index (χ3n) is 4.85. The molecule has 0 saturated heterocycles. The van der Waals surface area contributed by atoms with E-state index in [-0.39, 0.29) is 17.4 Å². The highest BCUT2D eigenvalue weighted by molar-refractivity contribution is 6.07. The van der Waals surface area contributed by atoms with E-state index in [0.29, 0.717) is 35.6 Å². The van der Waals surface area contributed by atoms with E-state index in [4.69, 9.17) is 5.73 Å². The zero-order chi connectivity index (χ0) is 21.1. The maximum absolute atomic E-state index is 12.9. The summed E-state index contributed by atoms with van der Waals surface area (Å²) in [7, 11) is 1.91. The second-order valence-electron chi connectivity index (χ2n) is 6.95. The maximum atomic E-state index is 12.9. The van der Waals surface area contributed by atoms with Gasteiger partial charge in [0.05, 0.1) is 29.5 Å². The van der Waals surface area contributed by atoms with E-state index in [1.807, 2.05) is 18.0 Å². The fourth-order valence-corrected chi connectivity index (χ4v) is 3.26. The number of rotatable bonds is 0. The topological polar surface area (TPSA) is 126 Å². The largest absolute Gasteiger partial charge is 0.382 e. The second-order valence-corrected chi connectivity index (χ2v) is 6.95. The molecule has 1 aliphatic rings. The fourth-order valence-electron chi connectivity index (χ4n) is 3.26. The number of pyridine rings is 1. The molecule has 1 aliphatic heterocycles. The van der Waals surface area contributed by atoms with Crippen molar-refractivity contribution in [1.29, 1.82) is 0 Å². The van der Waals surface area contributed by atoms with E-state index in [0.717, 1.165) is 12.1 Å². The Morgan fingerprint density at radius 2 is 1.93 bits per heavy atom. The number of carbonyl (C=O) groups excluding carboxylic acids is 2. The summed E-state index contributed by atoms with van der Waals surface area (Å²) in [6.45, 7) is 1.19. The monoisotopic (exact) mass is 403 g/mol. The summed E-state index contributed by atoms with van der Waals surface area (Å²) in [5.41, 5.74) is 8.89. The van der Waals surface area contributed by atoms with Crippen LogP contribution in [0.5, 0.6) is 0 Å². The smallest absolute Gasteiger partial charge is 0.278 e. The van der Waals surface area contributed by atoms with E-state index in [2.05, 4.69) is 25.6 Å². The van der Waals surface area contributed by atoms with Gasteiger partial charge in [-0.05, 0) is 24.6 Å². The Morgan fingerprint density at radius 1 is 1.10 bits per heavy atom. The Morgan fingerprint density at radius 3 is 2.80 bits per heavy atom. The van der Waals surface area contributed by atoms with Gasteiger partial charge in [0.15, 0.2) is 11.5 Å². The molecule has 30 heavy (non-hydrogen) atoms. The van der Waals surface area contributed by atoms with Gasteiger partial charge in [0.25, 0.3) is 11.8 Å². The molecule has 0 unspecified atom stereocenters. The van der Waals surface area contributed by atoms with Gasteiger partial charge in [0.2, 0.25) is 0 Å². The molecule has 4 bridgehead atoms. The summed E-state index contributed by atoms with van der Waals surface area (Å²) in [4.78, 5) is 40.1. The van der Waals surface area contributed by atoms with Crippen molar-refractivity contribution in [2.24, 2.45) is 0 Å². The molecule has 2 amide bonds. The summed E-state index contributed by atoms with van der Waals surface area (Å²) in [5, 5.41) is 5.78. The van der Waals surface area contributed by atoms with Crippen molar-refractivity contribution in [2.75, 3.05) is 36.1 Å². The number of carbonyl (C=O) groups is 2. The molecular formula is C21H21N7O2. The third kappa shape index (κ3) is 3.90. The minimum Gasteiger partial charge on any atom is -0.382 e. The van der Waals surface area contributed by atoms with Crippen molar-refractivity contribution in [3.63, 3.8) is 0 Å². The Labute approximate surface area is 173 Å². The van der Waals surface area contributed by atoms with E-state index in [1.54, 1.807) is 36.7 Å². The molecule has 3 heterocycles. The number of nitrogens with zero attached hydrogens (tertiary/aromatic N) is 4. The van der Waals surface area contributed by atoms with Gasteiger partial charge in [-0.3, -0.25) is 14.6 Å². The van der Waals surface area contributed by atoms with E-state index < -0.39 is 5.91 Å². The highest BCUT2D eigenvalue weighted by atomic mass is 16.2. The van der Waals surface area contributed by atoms with Crippen LogP contribution in [0.4, 0.5) is 17.2 Å². The number of fused-ring (bicyclic) bond motifs is 6. The molecule has 152 valence electrons. The first kappa shape index (κ1) is 19.3. The van der Waals surface area contributed by atoms with Crippen molar-refractivity contribution in [3.05, 3.63) is 60.2 Å². The predicted octanol–water partition coefficient (Wildman–Crippen LogP) is 1.94. The van der Waals surface area contributed by atoms with Crippen molar-refractivity contribution in [2.45, 2.75) is 6.42 Å². The van der Waals surface area contributed by atoms with E-state index >= 15 is 0 Å². The Hall–Kier alpha value is -4.01. The quantitative estimate of drug-likeness (QED) is 0.524. The van der Waals surface area contributed by atoms with Crippen LogP contribution in [0.1, 0.15) is 27.3 Å². The highest BCUT2D eigenvalue weighted by Crippen LogP contribution is 2.25. The number of nitrogens with two attached hydrogens (primary N) is 1. The fraction of sp³-hybridized carbons (Fsp3) is 0.190. The zero-order valence-corrected chi connectivity index (χ0v) is 16.4. The maximum Gasteiger partial charge on any atom is 0.278 e. The standard InChI is InChI=1S/C21H21N7O2/c1-28-9-3-7-24-20(29)14-5-2-4-13(10-14)15-12-25-19(22)18(26-15)21(30)27-16-11-23-8-6-17(16)28/h2,4-6,8,10-12H,3,7,9H2,1H3,(H2,22,25)(H,24,29)(H,27,30). The summed E-state index contributed by atoms with van der Waals surface area (Å²) in [6, 6.07) is 8.83. The molecule has 3 aromatic rings. The van der Waals surface area contributed by atoms with Crippen LogP contribution in [0.25, 0.3) is 11.3 Å². The van der Waals surface area contributed by atoms with Gasteiger partial charge >= 0.3 is 0 Å². The molecule has 0 atom stereocenters. The Balaban J connectivity index is 1.80. The first-order chi connectivity index (χ1) is 14.5. The lowest BCUT2D eigenvalue weighted by atomic mass is 10.1. The van der Waals surface area contributed by atoms with Crippen LogP contribution in [0, 0.1) is 0 Å². The normalized spacial score (nSPS) is 14.5. The lowest BCUT2D eigenvalue weighted by Crippen LogP contribution is -2.29. The van der Waals surface area contributed by atoms with Crippen molar-refractivity contribution < 1.29 is 9.59 Å². The van der Waals surface area contributed by atoms with Crippen LogP contribution >= 0.6 is 0 Å². The molecule has 0 aliphatic carbocycles. The minimum absolute atomic E-state index is 0.00639. The summed E-state index contributed by atoms with van der Waals surface area (Å²) in [5.74, 6) is -0.631. The van der Waals surface area contributed by atoms with Gasteiger partial charge in [-0.2, -0.15) is 0 Å². The SMILES string of the molecule is CN1CCCNC(=O)c2cccc(c2)-c2cnc(N)c(n2)C(=O)Nc2cnccc21. The lowest BCUT2D eigenvalue weighted by Gasteiger charge is -2.22. The number of nitrogen functional groups attached to an aromatic ring is 1. The number of hydrogen-bond donors (Lipinski definition) is 3. The number of anilines is 3. The van der Waals surface area contributed by atoms with Gasteiger partial charge in [0.1, 0.15) is 0 Å². The number of hydrogen-bond acceptors (Lipinski definition) is 7. The number of amides is 2. The van der Waals surface area contributed by atoms with E-state index in [9.17, 15) is 9.59 Å². The first-order valence-corrected chi connectivity index (χ1v) is 9.50. The number of benzene rings is 1. The number of aromatic nitrogens is 3. The molecule has 1 aromatic carbocycles. The molecule has 0 spiro atoms.